The predicted molar refractivity (Wildman–Crippen MR) is 239 cm³/mol. The first-order chi connectivity index (χ1) is 32.4. The molecule has 408 valence electrons. The van der Waals surface area contributed by atoms with Crippen LogP contribution < -0.4 is 0 Å². The molecule has 6 heterocycles. The Kier molecular flexibility index (Phi) is 25.0. The fraction of sp³-hybridized carbons (Fsp3) is 1.00. The third-order valence-electron chi connectivity index (χ3n) is 11.9. The summed E-state index contributed by atoms with van der Waals surface area (Å²) in [4.78, 5) is 0. The van der Waals surface area contributed by atoms with Gasteiger partial charge in [-0.2, -0.15) is 0 Å². The molecule has 6 rings (SSSR count). The highest BCUT2D eigenvalue weighted by atomic mass is 35.5. The smallest absolute Gasteiger partial charge is 0.214 e. The van der Waals surface area contributed by atoms with Gasteiger partial charge in [-0.1, -0.05) is 0 Å². The van der Waals surface area contributed by atoms with E-state index in [-0.39, 0.29) is 17.6 Å². The fourth-order valence-electron chi connectivity index (χ4n) is 7.67. The van der Waals surface area contributed by atoms with E-state index < -0.39 is 200 Å². The lowest BCUT2D eigenvalue weighted by molar-refractivity contribution is -0.358. The van der Waals surface area contributed by atoms with Crippen molar-refractivity contribution in [1.29, 1.82) is 0 Å². The first kappa shape index (κ1) is 63.2. The van der Waals surface area contributed by atoms with Crippen molar-refractivity contribution in [3.8, 4) is 0 Å². The zero-order valence-electron chi connectivity index (χ0n) is 35.5. The van der Waals surface area contributed by atoms with Crippen LogP contribution in [0.15, 0.2) is 0 Å². The minimum Gasteiger partial charge on any atom is -0.394 e. The van der Waals surface area contributed by atoms with E-state index in [2.05, 4.69) is 0 Å². The van der Waals surface area contributed by atoms with Crippen LogP contribution in [0.5, 0.6) is 0 Å². The number of hydrogen-bond acceptors (Lipinski definition) is 24. The lowest BCUT2D eigenvalue weighted by Crippen LogP contribution is -2.61. The van der Waals surface area contributed by atoms with Gasteiger partial charge < -0.3 is 119 Å². The van der Waals surface area contributed by atoms with Crippen LogP contribution in [0.3, 0.4) is 0 Å². The summed E-state index contributed by atoms with van der Waals surface area (Å²) in [6, 6.07) is 0. The van der Waals surface area contributed by atoms with E-state index in [1.54, 1.807) is 0 Å². The maximum atomic E-state index is 10.1. The Labute approximate surface area is 438 Å². The van der Waals surface area contributed by atoms with Crippen LogP contribution in [-0.2, 0) is 42.6 Å². The van der Waals surface area contributed by atoms with Crippen LogP contribution in [0, 0.1) is 0 Å². The largest absolute Gasteiger partial charge is 0.394 e. The molecule has 0 aliphatic carbocycles. The second kappa shape index (κ2) is 27.3. The van der Waals surface area contributed by atoms with Crippen molar-refractivity contribution in [3.63, 3.8) is 0 Å². The summed E-state index contributed by atoms with van der Waals surface area (Å²) in [6.07, 6.45) is -28.2. The molecule has 0 aromatic carbocycles. The van der Waals surface area contributed by atoms with Gasteiger partial charge in [-0.3, -0.25) is 0 Å². The van der Waals surface area contributed by atoms with Gasteiger partial charge >= 0.3 is 0 Å². The number of ether oxygens (including phenoxy) is 9. The van der Waals surface area contributed by atoms with Crippen molar-refractivity contribution < 1.29 is 119 Å². The van der Waals surface area contributed by atoms with Crippen molar-refractivity contribution in [1.82, 2.24) is 0 Å². The summed E-state index contributed by atoms with van der Waals surface area (Å²) in [5.74, 6) is -7.29. The predicted octanol–water partition coefficient (Wildman–Crippen LogP) is -4.97. The molecule has 0 aromatic heterocycles. The SMILES string of the molecule is OC[C@H]1O[C@H](O[C@]2(CCl)O[C@H](CCl)[C@@H](O)[C@@H]2O)[C@H](O)[C@@H](O)[C@H]1Cl.OC[C@H]1O[C@H](O[C@]2(CCl)O[C@H](CCl)[C@@H](O)[C@@H]2O)[C@H](O)[C@@H](O)[C@H]1Cl.OC[C@H]1O[C@H](O[C@]2(CCl)O[C@H](CCl)[C@@H](O)[C@@H]2O)[C@H](O)[C@@H](O)[C@H]1Cl. The number of alkyl halides is 9. The zero-order valence-corrected chi connectivity index (χ0v) is 42.3. The maximum Gasteiger partial charge on any atom is 0.214 e. The topological polar surface area (TPSA) is 387 Å². The van der Waals surface area contributed by atoms with E-state index in [1.165, 1.54) is 0 Å². The lowest BCUT2D eigenvalue weighted by atomic mass is 10.0. The van der Waals surface area contributed by atoms with E-state index in [9.17, 15) is 76.6 Å². The molecule has 69 heavy (non-hydrogen) atoms. The van der Waals surface area contributed by atoms with Crippen LogP contribution in [0.2, 0.25) is 0 Å². The summed E-state index contributed by atoms with van der Waals surface area (Å²) < 4.78 is 48.4. The molecule has 6 saturated heterocycles. The second-order valence-electron chi connectivity index (χ2n) is 16.4. The molecule has 15 N–H and O–H groups in total. The molecule has 0 unspecified atom stereocenters. The number of aliphatic hydroxyl groups excluding tert-OH is 15. The third-order valence-corrected chi connectivity index (χ3v) is 15.5. The maximum absolute atomic E-state index is 10.1. The van der Waals surface area contributed by atoms with Crippen LogP contribution in [-0.4, -0.2) is 294 Å². The zero-order chi connectivity index (χ0) is 52.1. The normalized spacial score (nSPS) is 51.1. The molecule has 0 radical (unpaired) electrons. The highest BCUT2D eigenvalue weighted by molar-refractivity contribution is 6.22. The average molecular weight is 1190 g/mol. The molecule has 24 nitrogen and oxygen atoms in total. The van der Waals surface area contributed by atoms with Crippen molar-refractivity contribution in [2.75, 3.05) is 55.1 Å². The summed E-state index contributed by atoms with van der Waals surface area (Å²) in [5.41, 5.74) is 0. The van der Waals surface area contributed by atoms with Gasteiger partial charge in [0.2, 0.25) is 17.4 Å². The molecule has 0 aromatic rings. The number of hydrogen-bond donors (Lipinski definition) is 15. The molecule has 6 aliphatic rings. The molecule has 6 aliphatic heterocycles. The Morgan fingerprint density at radius 2 is 0.551 bits per heavy atom. The minimum atomic E-state index is -1.90. The molecular weight excluding hydrogens is 1140 g/mol. The minimum absolute atomic E-state index is 0.125. The average Bonchev–Trinajstić information content (AvgIpc) is 3.86. The van der Waals surface area contributed by atoms with Crippen molar-refractivity contribution in [2.45, 2.75) is 162 Å². The number of rotatable bonds is 15. The van der Waals surface area contributed by atoms with Gasteiger partial charge in [0.25, 0.3) is 0 Å². The standard InChI is InChI=1S/3C12H19Cl3O8/c3*13-1-4-7(17)10(20)12(3-14,22-4)23-11-9(19)8(18)6(15)5(2-16)21-11/h3*4-11,16-20H,1-3H2/t3*4-,5-,6+,7-,8+,9-,10+,11-,12+/m111/s1. The first-order valence-corrected chi connectivity index (χ1v) is 25.3. The van der Waals surface area contributed by atoms with Gasteiger partial charge in [0.05, 0.1) is 71.2 Å². The van der Waals surface area contributed by atoms with Gasteiger partial charge in [-0.25, -0.2) is 0 Å². The molecule has 27 atom stereocenters. The molecule has 6 fully saturated rings. The van der Waals surface area contributed by atoms with Gasteiger partial charge in [0, 0.05) is 0 Å². The van der Waals surface area contributed by atoms with E-state index >= 15 is 0 Å². The Hall–Kier alpha value is 1.65. The van der Waals surface area contributed by atoms with E-state index in [1.807, 2.05) is 0 Å². The van der Waals surface area contributed by atoms with Crippen molar-refractivity contribution in [3.05, 3.63) is 0 Å². The van der Waals surface area contributed by atoms with Gasteiger partial charge in [0.15, 0.2) is 18.9 Å². The Bertz CT molecular complexity index is 1380. The van der Waals surface area contributed by atoms with Crippen LogP contribution in [0.1, 0.15) is 0 Å². The van der Waals surface area contributed by atoms with E-state index in [4.69, 9.17) is 147 Å². The van der Waals surface area contributed by atoms with E-state index in [0.717, 1.165) is 0 Å². The molecule has 0 amide bonds. The third kappa shape index (κ3) is 13.3. The highest BCUT2D eigenvalue weighted by Crippen LogP contribution is 2.41. The lowest BCUT2D eigenvalue weighted by Gasteiger charge is -2.43. The fourth-order valence-corrected chi connectivity index (χ4v) is 10.1. The van der Waals surface area contributed by atoms with E-state index in [0.29, 0.717) is 0 Å². The van der Waals surface area contributed by atoms with Crippen molar-refractivity contribution in [2.24, 2.45) is 0 Å². The second-order valence-corrected chi connectivity index (χ2v) is 19.6. The summed E-state index contributed by atoms with van der Waals surface area (Å²) >= 11 is 52.0. The molecule has 0 bridgehead atoms. The molecular formula is C36H57Cl9O24. The van der Waals surface area contributed by atoms with Crippen LogP contribution >= 0.6 is 104 Å². The van der Waals surface area contributed by atoms with Gasteiger partial charge in [-0.15, -0.1) is 104 Å². The molecule has 0 spiro atoms. The molecule has 33 heteroatoms. The van der Waals surface area contributed by atoms with Crippen LogP contribution in [0.4, 0.5) is 0 Å². The summed E-state index contributed by atoms with van der Waals surface area (Å²) in [7, 11) is 0. The first-order valence-electron chi connectivity index (χ1n) is 20.7. The highest BCUT2D eigenvalue weighted by Gasteiger charge is 2.61. The Balaban J connectivity index is 0.000000225. The Morgan fingerprint density at radius 3 is 0.710 bits per heavy atom. The summed E-state index contributed by atoms with van der Waals surface area (Å²) in [6.45, 7) is -1.58. The monoisotopic (exact) mass is 1190 g/mol. The van der Waals surface area contributed by atoms with Crippen molar-refractivity contribution >= 4 is 104 Å². The Morgan fingerprint density at radius 1 is 0.333 bits per heavy atom. The van der Waals surface area contributed by atoms with Gasteiger partial charge in [-0.05, 0) is 0 Å². The molecule has 0 saturated carbocycles. The quantitative estimate of drug-likeness (QED) is 0.0683. The van der Waals surface area contributed by atoms with Crippen LogP contribution in [0.25, 0.3) is 0 Å². The van der Waals surface area contributed by atoms with Gasteiger partial charge in [0.1, 0.15) is 110 Å². The number of aliphatic hydroxyl groups is 15. The number of halogens is 9. The summed E-state index contributed by atoms with van der Waals surface area (Å²) in [5, 5.41) is 144.